The third kappa shape index (κ3) is 4.95. The number of aromatic nitrogens is 2. The number of aryl methyl sites for hydroxylation is 2. The van der Waals surface area contributed by atoms with Crippen LogP contribution in [0.4, 0.5) is 0 Å². The number of likely N-dealkylation sites (N-methyl/N-ethyl adjacent to an activating group) is 1. The number of rotatable bonds is 10. The van der Waals surface area contributed by atoms with Crippen LogP contribution in [0, 0.1) is 6.92 Å². The Balaban J connectivity index is 2.95. The van der Waals surface area contributed by atoms with Crippen molar-refractivity contribution in [3.05, 3.63) is 16.4 Å². The van der Waals surface area contributed by atoms with Crippen molar-refractivity contribution < 1.29 is 9.47 Å². The van der Waals surface area contributed by atoms with Gasteiger partial charge in [-0.15, -0.1) is 0 Å². The molecule has 122 valence electrons. The molecule has 0 fully saturated rings. The lowest BCUT2D eigenvalue weighted by Gasteiger charge is -2.27. The molecule has 5 nitrogen and oxygen atoms in total. The molecule has 0 saturated carbocycles. The minimum absolute atomic E-state index is 0.0498. The van der Waals surface area contributed by atoms with E-state index in [0.29, 0.717) is 13.2 Å². The Labute approximate surface area is 132 Å². The maximum absolute atomic E-state index is 6.40. The van der Waals surface area contributed by atoms with E-state index in [4.69, 9.17) is 21.1 Å². The summed E-state index contributed by atoms with van der Waals surface area (Å²) in [5.41, 5.74) is 1.90. The number of nitrogens with one attached hydrogen (secondary N) is 1. The van der Waals surface area contributed by atoms with Crippen molar-refractivity contribution in [2.24, 2.45) is 0 Å². The van der Waals surface area contributed by atoms with Crippen LogP contribution in [0.15, 0.2) is 0 Å². The zero-order valence-electron chi connectivity index (χ0n) is 13.8. The van der Waals surface area contributed by atoms with E-state index in [-0.39, 0.29) is 12.3 Å². The van der Waals surface area contributed by atoms with E-state index in [1.165, 1.54) is 0 Å². The third-order valence-electron chi connectivity index (χ3n) is 3.32. The lowest BCUT2D eigenvalue weighted by Crippen LogP contribution is -2.45. The largest absolute Gasteiger partial charge is 0.351 e. The number of halogens is 1. The minimum Gasteiger partial charge on any atom is -0.351 e. The van der Waals surface area contributed by atoms with Gasteiger partial charge >= 0.3 is 0 Å². The van der Waals surface area contributed by atoms with E-state index in [9.17, 15) is 0 Å². The van der Waals surface area contributed by atoms with Gasteiger partial charge in [0.25, 0.3) is 0 Å². The molecular formula is C15H28ClN3O2. The molecule has 1 aromatic heterocycles. The molecule has 6 heteroatoms. The Morgan fingerprint density at radius 3 is 2.29 bits per heavy atom. The van der Waals surface area contributed by atoms with E-state index >= 15 is 0 Å². The molecule has 1 heterocycles. The van der Waals surface area contributed by atoms with Gasteiger partial charge in [-0.1, -0.05) is 18.5 Å². The minimum atomic E-state index is -0.281. The smallest absolute Gasteiger partial charge is 0.173 e. The van der Waals surface area contributed by atoms with Crippen molar-refractivity contribution in [3.8, 4) is 0 Å². The second kappa shape index (κ2) is 9.41. The van der Waals surface area contributed by atoms with E-state index in [1.807, 2.05) is 25.5 Å². The summed E-state index contributed by atoms with van der Waals surface area (Å²) in [6.45, 7) is 12.9. The molecule has 0 aliphatic carbocycles. The Morgan fingerprint density at radius 2 is 1.81 bits per heavy atom. The Kier molecular flexibility index (Phi) is 8.26. The first-order valence-electron chi connectivity index (χ1n) is 7.77. The lowest BCUT2D eigenvalue weighted by molar-refractivity contribution is -0.153. The molecule has 0 aliphatic heterocycles. The fourth-order valence-corrected chi connectivity index (χ4v) is 2.62. The number of hydrogen-bond donors (Lipinski definition) is 1. The van der Waals surface area contributed by atoms with E-state index in [1.54, 1.807) is 0 Å². The van der Waals surface area contributed by atoms with Crippen LogP contribution in [0.2, 0.25) is 5.02 Å². The second-order valence-corrected chi connectivity index (χ2v) is 5.19. The second-order valence-electron chi connectivity index (χ2n) is 4.81. The molecule has 0 spiro atoms. The highest BCUT2D eigenvalue weighted by Gasteiger charge is 2.25. The van der Waals surface area contributed by atoms with Crippen molar-refractivity contribution in [1.82, 2.24) is 15.1 Å². The van der Waals surface area contributed by atoms with Crippen LogP contribution >= 0.6 is 11.6 Å². The summed E-state index contributed by atoms with van der Waals surface area (Å²) in [5.74, 6) is 0. The number of nitrogens with zero attached hydrogens (tertiary/aromatic N) is 2. The van der Waals surface area contributed by atoms with Crippen LogP contribution in [0.3, 0.4) is 0 Å². The molecular weight excluding hydrogens is 290 g/mol. The fourth-order valence-electron chi connectivity index (χ4n) is 2.41. The van der Waals surface area contributed by atoms with Gasteiger partial charge in [-0.3, -0.25) is 4.68 Å². The Morgan fingerprint density at radius 1 is 1.19 bits per heavy atom. The van der Waals surface area contributed by atoms with Gasteiger partial charge in [-0.2, -0.15) is 5.10 Å². The molecule has 21 heavy (non-hydrogen) atoms. The number of hydrogen-bond acceptors (Lipinski definition) is 4. The van der Waals surface area contributed by atoms with Crippen LogP contribution < -0.4 is 5.32 Å². The molecule has 1 aromatic rings. The van der Waals surface area contributed by atoms with Crippen LogP contribution in [0.5, 0.6) is 0 Å². The van der Waals surface area contributed by atoms with Gasteiger partial charge in [0, 0.05) is 26.2 Å². The molecule has 0 bridgehead atoms. The van der Waals surface area contributed by atoms with Gasteiger partial charge in [-0.05, 0) is 34.2 Å². The zero-order chi connectivity index (χ0) is 15.8. The van der Waals surface area contributed by atoms with Gasteiger partial charge in [-0.25, -0.2) is 0 Å². The average molecular weight is 318 g/mol. The zero-order valence-corrected chi connectivity index (χ0v) is 14.5. The standard InChI is InChI=1S/C15H28ClN3O2/c1-6-17-12(15(20-8-3)21-9-4)10-13-14(16)11(5)18-19(13)7-2/h12,15,17H,6-10H2,1-5H3. The molecule has 0 amide bonds. The van der Waals surface area contributed by atoms with Crippen molar-refractivity contribution in [1.29, 1.82) is 0 Å². The van der Waals surface area contributed by atoms with Crippen molar-refractivity contribution in [2.75, 3.05) is 19.8 Å². The molecule has 1 rings (SSSR count). The van der Waals surface area contributed by atoms with E-state index in [2.05, 4.69) is 24.3 Å². The molecule has 0 saturated heterocycles. The summed E-state index contributed by atoms with van der Waals surface area (Å²) in [7, 11) is 0. The highest BCUT2D eigenvalue weighted by atomic mass is 35.5. The fraction of sp³-hybridized carbons (Fsp3) is 0.800. The summed E-state index contributed by atoms with van der Waals surface area (Å²) in [4.78, 5) is 0. The molecule has 1 atom stereocenters. The maximum atomic E-state index is 6.40. The van der Waals surface area contributed by atoms with Crippen molar-refractivity contribution in [2.45, 2.75) is 59.9 Å². The summed E-state index contributed by atoms with van der Waals surface area (Å²) >= 11 is 6.40. The van der Waals surface area contributed by atoms with E-state index in [0.717, 1.165) is 35.9 Å². The first-order chi connectivity index (χ1) is 10.1. The first kappa shape index (κ1) is 18.4. The van der Waals surface area contributed by atoms with Gasteiger partial charge < -0.3 is 14.8 Å². The monoisotopic (exact) mass is 317 g/mol. The van der Waals surface area contributed by atoms with Crippen LogP contribution in [0.25, 0.3) is 0 Å². The average Bonchev–Trinajstić information content (AvgIpc) is 2.74. The number of ether oxygens (including phenoxy) is 2. The van der Waals surface area contributed by atoms with Crippen LogP contribution in [-0.2, 0) is 22.4 Å². The van der Waals surface area contributed by atoms with Crippen molar-refractivity contribution >= 4 is 11.6 Å². The van der Waals surface area contributed by atoms with E-state index < -0.39 is 0 Å². The molecule has 1 N–H and O–H groups in total. The summed E-state index contributed by atoms with van der Waals surface area (Å²) in [6, 6.07) is 0.0498. The highest BCUT2D eigenvalue weighted by Crippen LogP contribution is 2.23. The predicted octanol–water partition coefficient (Wildman–Crippen LogP) is 2.78. The quantitative estimate of drug-likeness (QED) is 0.674. The van der Waals surface area contributed by atoms with Gasteiger partial charge in [0.2, 0.25) is 0 Å². The summed E-state index contributed by atoms with van der Waals surface area (Å²) in [5, 5.41) is 8.65. The molecule has 0 aliphatic rings. The third-order valence-corrected chi connectivity index (χ3v) is 3.81. The van der Waals surface area contributed by atoms with Crippen LogP contribution in [0.1, 0.15) is 39.1 Å². The highest BCUT2D eigenvalue weighted by molar-refractivity contribution is 6.31. The lowest BCUT2D eigenvalue weighted by atomic mass is 10.1. The maximum Gasteiger partial charge on any atom is 0.173 e. The van der Waals surface area contributed by atoms with Gasteiger partial charge in [0.15, 0.2) is 6.29 Å². The molecule has 0 aromatic carbocycles. The van der Waals surface area contributed by atoms with Crippen molar-refractivity contribution in [3.63, 3.8) is 0 Å². The SMILES string of the molecule is CCNC(Cc1c(Cl)c(C)nn1CC)C(OCC)OCC. The molecule has 0 radical (unpaired) electrons. The Bertz CT molecular complexity index is 417. The topological polar surface area (TPSA) is 48.3 Å². The summed E-state index contributed by atoms with van der Waals surface area (Å²) < 4.78 is 13.4. The summed E-state index contributed by atoms with van der Waals surface area (Å²) in [6.07, 6.45) is 0.447. The first-order valence-corrected chi connectivity index (χ1v) is 8.14. The normalized spacial score (nSPS) is 13.1. The predicted molar refractivity (Wildman–Crippen MR) is 85.9 cm³/mol. The van der Waals surface area contributed by atoms with Gasteiger partial charge in [0.05, 0.1) is 22.5 Å². The Hall–Kier alpha value is -0.620. The molecule has 1 unspecified atom stereocenters. The van der Waals surface area contributed by atoms with Gasteiger partial charge in [0.1, 0.15) is 0 Å². The van der Waals surface area contributed by atoms with Crippen LogP contribution in [-0.4, -0.2) is 41.9 Å².